The average molecular weight is 222 g/mol. The van der Waals surface area contributed by atoms with Crippen LogP contribution >= 0.6 is 0 Å². The molecule has 0 amide bonds. The Bertz CT molecular complexity index is 315. The molecular weight excluding hydrogens is 200 g/mol. The Morgan fingerprint density at radius 2 is 2.06 bits per heavy atom. The summed E-state index contributed by atoms with van der Waals surface area (Å²) in [6, 6.07) is 8.48. The van der Waals surface area contributed by atoms with E-state index in [0.29, 0.717) is 6.04 Å². The highest BCUT2D eigenvalue weighted by molar-refractivity contribution is 5.36. The molecule has 0 radical (unpaired) electrons. The third kappa shape index (κ3) is 3.22. The number of methoxy groups -OCH3 is 1. The number of rotatable bonds is 6. The maximum atomic E-state index is 5.38. The van der Waals surface area contributed by atoms with Gasteiger partial charge in [0.2, 0.25) is 0 Å². The van der Waals surface area contributed by atoms with Crippen molar-refractivity contribution < 1.29 is 4.74 Å². The Hall–Kier alpha value is -1.06. The Kier molecular flexibility index (Phi) is 5.29. The van der Waals surface area contributed by atoms with E-state index in [4.69, 9.17) is 4.74 Å². The van der Waals surface area contributed by atoms with Crippen molar-refractivity contribution in [3.63, 3.8) is 0 Å². The van der Waals surface area contributed by atoms with Gasteiger partial charge in [0.1, 0.15) is 5.75 Å². The second-order valence-corrected chi connectivity index (χ2v) is 3.94. The van der Waals surface area contributed by atoms with Gasteiger partial charge in [-0.1, -0.05) is 25.1 Å². The van der Waals surface area contributed by atoms with Gasteiger partial charge in [0.05, 0.1) is 7.11 Å². The molecule has 1 N–H and O–H groups in total. The highest BCUT2D eigenvalue weighted by atomic mass is 16.5. The van der Waals surface area contributed by atoms with E-state index in [-0.39, 0.29) is 0 Å². The third-order valence-electron chi connectivity index (χ3n) is 2.90. The van der Waals surface area contributed by atoms with Crippen LogP contribution in [0.4, 0.5) is 0 Å². The first-order valence-electron chi connectivity index (χ1n) is 5.71. The molecule has 0 bridgehead atoms. The van der Waals surface area contributed by atoms with Crippen LogP contribution in [0.2, 0.25) is 0 Å². The third-order valence-corrected chi connectivity index (χ3v) is 2.90. The van der Waals surface area contributed by atoms with Crippen LogP contribution in [0.5, 0.6) is 5.75 Å². The molecule has 3 heteroatoms. The molecule has 0 fully saturated rings. The molecule has 0 heterocycles. The van der Waals surface area contributed by atoms with Crippen LogP contribution in [0.3, 0.4) is 0 Å². The number of nitrogens with one attached hydrogen (secondary N) is 1. The summed E-state index contributed by atoms with van der Waals surface area (Å²) in [7, 11) is 5.83. The fourth-order valence-electron chi connectivity index (χ4n) is 1.74. The van der Waals surface area contributed by atoms with Crippen LogP contribution in [0.1, 0.15) is 18.5 Å². The number of likely N-dealkylation sites (N-methyl/N-ethyl adjacent to an activating group) is 2. The van der Waals surface area contributed by atoms with Crippen molar-refractivity contribution in [1.82, 2.24) is 10.2 Å². The number of hydrogen-bond donors (Lipinski definition) is 1. The number of ether oxygens (including phenoxy) is 1. The van der Waals surface area contributed by atoms with Gasteiger partial charge in [0.15, 0.2) is 0 Å². The van der Waals surface area contributed by atoms with Crippen molar-refractivity contribution in [2.75, 3.05) is 34.3 Å². The fraction of sp³-hybridized carbons (Fsp3) is 0.538. The van der Waals surface area contributed by atoms with E-state index in [0.717, 1.165) is 18.8 Å². The SMILES string of the molecule is CCN(C)CC(NC)c1ccccc1OC. The quantitative estimate of drug-likeness (QED) is 0.795. The highest BCUT2D eigenvalue weighted by Crippen LogP contribution is 2.24. The Balaban J connectivity index is 2.85. The lowest BCUT2D eigenvalue weighted by Crippen LogP contribution is -2.31. The van der Waals surface area contributed by atoms with Crippen LogP contribution in [0.15, 0.2) is 24.3 Å². The number of benzene rings is 1. The zero-order valence-corrected chi connectivity index (χ0v) is 10.7. The molecule has 90 valence electrons. The molecule has 0 aliphatic heterocycles. The van der Waals surface area contributed by atoms with Crippen molar-refractivity contribution in [2.24, 2.45) is 0 Å². The van der Waals surface area contributed by atoms with Gasteiger partial charge in [0.25, 0.3) is 0 Å². The highest BCUT2D eigenvalue weighted by Gasteiger charge is 2.14. The smallest absolute Gasteiger partial charge is 0.123 e. The standard InChI is InChI=1S/C13H22N2O/c1-5-15(3)10-12(14-2)11-8-6-7-9-13(11)16-4/h6-9,12,14H,5,10H2,1-4H3. The molecule has 0 saturated heterocycles. The molecule has 0 aromatic heterocycles. The van der Waals surface area contributed by atoms with Crippen molar-refractivity contribution in [3.8, 4) is 5.75 Å². The van der Waals surface area contributed by atoms with E-state index in [2.05, 4.69) is 30.3 Å². The van der Waals surface area contributed by atoms with E-state index < -0.39 is 0 Å². The van der Waals surface area contributed by atoms with E-state index in [1.54, 1.807) is 7.11 Å². The lowest BCUT2D eigenvalue weighted by atomic mass is 10.1. The molecule has 0 saturated carbocycles. The van der Waals surface area contributed by atoms with Crippen LogP contribution < -0.4 is 10.1 Å². The summed E-state index contributed by atoms with van der Waals surface area (Å²) in [5.74, 6) is 0.950. The van der Waals surface area contributed by atoms with Crippen LogP contribution in [0, 0.1) is 0 Å². The molecule has 1 aromatic carbocycles. The zero-order chi connectivity index (χ0) is 12.0. The number of para-hydroxylation sites is 1. The first-order chi connectivity index (χ1) is 7.72. The summed E-state index contributed by atoms with van der Waals surface area (Å²) < 4.78 is 5.38. The van der Waals surface area contributed by atoms with Crippen LogP contribution in [-0.2, 0) is 0 Å². The first kappa shape index (κ1) is 13.0. The summed E-state index contributed by atoms with van der Waals surface area (Å²) in [5.41, 5.74) is 1.22. The normalized spacial score (nSPS) is 12.8. The summed E-state index contributed by atoms with van der Waals surface area (Å²) >= 11 is 0. The molecule has 1 atom stereocenters. The molecular formula is C13H22N2O. The molecule has 0 aliphatic rings. The molecule has 1 rings (SSSR count). The summed E-state index contributed by atoms with van der Waals surface area (Å²) in [6.07, 6.45) is 0. The second-order valence-electron chi connectivity index (χ2n) is 3.94. The molecule has 16 heavy (non-hydrogen) atoms. The fourth-order valence-corrected chi connectivity index (χ4v) is 1.74. The molecule has 3 nitrogen and oxygen atoms in total. The van der Waals surface area contributed by atoms with Crippen molar-refractivity contribution in [3.05, 3.63) is 29.8 Å². The Labute approximate surface area is 98.4 Å². The molecule has 1 aromatic rings. The summed E-state index contributed by atoms with van der Waals surface area (Å²) in [4.78, 5) is 2.29. The van der Waals surface area contributed by atoms with Gasteiger partial charge in [0, 0.05) is 18.2 Å². The van der Waals surface area contributed by atoms with Gasteiger partial charge in [-0.2, -0.15) is 0 Å². The molecule has 0 aliphatic carbocycles. The number of nitrogens with zero attached hydrogens (tertiary/aromatic N) is 1. The van der Waals surface area contributed by atoms with E-state index in [1.807, 2.05) is 25.2 Å². The predicted octanol–water partition coefficient (Wildman–Crippen LogP) is 1.91. The summed E-state index contributed by atoms with van der Waals surface area (Å²) in [6.45, 7) is 4.19. The predicted molar refractivity (Wildman–Crippen MR) is 68.0 cm³/mol. The Morgan fingerprint density at radius 1 is 1.38 bits per heavy atom. The average Bonchev–Trinajstić information content (AvgIpc) is 2.35. The van der Waals surface area contributed by atoms with E-state index in [9.17, 15) is 0 Å². The monoisotopic (exact) mass is 222 g/mol. The van der Waals surface area contributed by atoms with Crippen molar-refractivity contribution in [1.29, 1.82) is 0 Å². The molecule has 0 spiro atoms. The second kappa shape index (κ2) is 6.51. The topological polar surface area (TPSA) is 24.5 Å². The van der Waals surface area contributed by atoms with Gasteiger partial charge in [-0.15, -0.1) is 0 Å². The minimum Gasteiger partial charge on any atom is -0.496 e. The molecule has 1 unspecified atom stereocenters. The largest absolute Gasteiger partial charge is 0.496 e. The number of hydrogen-bond acceptors (Lipinski definition) is 3. The lowest BCUT2D eigenvalue weighted by molar-refractivity contribution is 0.305. The zero-order valence-electron chi connectivity index (χ0n) is 10.7. The van der Waals surface area contributed by atoms with Gasteiger partial charge in [-0.3, -0.25) is 0 Å². The van der Waals surface area contributed by atoms with Gasteiger partial charge < -0.3 is 15.0 Å². The van der Waals surface area contributed by atoms with Gasteiger partial charge >= 0.3 is 0 Å². The maximum Gasteiger partial charge on any atom is 0.123 e. The Morgan fingerprint density at radius 3 is 2.62 bits per heavy atom. The van der Waals surface area contributed by atoms with E-state index in [1.165, 1.54) is 5.56 Å². The van der Waals surface area contributed by atoms with Crippen molar-refractivity contribution in [2.45, 2.75) is 13.0 Å². The van der Waals surface area contributed by atoms with Gasteiger partial charge in [-0.05, 0) is 26.7 Å². The summed E-state index contributed by atoms with van der Waals surface area (Å²) in [5, 5.41) is 3.34. The minimum atomic E-state index is 0.307. The lowest BCUT2D eigenvalue weighted by Gasteiger charge is -2.24. The minimum absolute atomic E-state index is 0.307. The van der Waals surface area contributed by atoms with Crippen LogP contribution in [-0.4, -0.2) is 39.2 Å². The first-order valence-corrected chi connectivity index (χ1v) is 5.71. The van der Waals surface area contributed by atoms with Crippen LogP contribution in [0.25, 0.3) is 0 Å². The van der Waals surface area contributed by atoms with E-state index >= 15 is 0 Å². The van der Waals surface area contributed by atoms with Gasteiger partial charge in [-0.25, -0.2) is 0 Å². The van der Waals surface area contributed by atoms with Crippen molar-refractivity contribution >= 4 is 0 Å². The maximum absolute atomic E-state index is 5.38.